The summed E-state index contributed by atoms with van der Waals surface area (Å²) in [6.45, 7) is 0.198. The topological polar surface area (TPSA) is 85.8 Å². The van der Waals surface area contributed by atoms with Crippen molar-refractivity contribution >= 4 is 17.7 Å². The van der Waals surface area contributed by atoms with E-state index in [1.807, 2.05) is 41.4 Å². The maximum Gasteiger partial charge on any atom is 0.246 e. The largest absolute Gasteiger partial charge is 0.345 e. The van der Waals surface area contributed by atoms with Crippen LogP contribution in [-0.4, -0.2) is 37.6 Å². The van der Waals surface area contributed by atoms with Crippen LogP contribution in [0.25, 0.3) is 11.4 Å². The Labute approximate surface area is 149 Å². The molecule has 0 aliphatic heterocycles. The van der Waals surface area contributed by atoms with Gasteiger partial charge in [-0.25, -0.2) is 0 Å². The number of carbonyl (C=O) groups excluding carboxylic acids is 1. The van der Waals surface area contributed by atoms with E-state index in [1.165, 1.54) is 0 Å². The zero-order chi connectivity index (χ0) is 17.5. The van der Waals surface area contributed by atoms with E-state index >= 15 is 0 Å². The molecule has 0 spiro atoms. The van der Waals surface area contributed by atoms with Crippen LogP contribution in [0.15, 0.2) is 53.6 Å². The van der Waals surface area contributed by atoms with Gasteiger partial charge in [0.15, 0.2) is 0 Å². The van der Waals surface area contributed by atoms with E-state index in [-0.39, 0.29) is 18.5 Å². The summed E-state index contributed by atoms with van der Waals surface area (Å²) in [4.78, 5) is 20.9. The van der Waals surface area contributed by atoms with Gasteiger partial charge in [-0.2, -0.15) is 16.7 Å². The number of thioether (sulfide) groups is 1. The SMILES string of the molecule is CSCC[C@H](C(=O)NCc1nc(-c2cccnc2)no1)n1cccc1. The highest BCUT2D eigenvalue weighted by atomic mass is 32.2. The molecule has 3 heterocycles. The maximum absolute atomic E-state index is 12.6. The minimum absolute atomic E-state index is 0.0635. The van der Waals surface area contributed by atoms with Crippen LogP contribution in [0.1, 0.15) is 18.4 Å². The van der Waals surface area contributed by atoms with Crippen molar-refractivity contribution in [2.24, 2.45) is 0 Å². The molecule has 0 saturated heterocycles. The summed E-state index contributed by atoms with van der Waals surface area (Å²) in [7, 11) is 0. The Morgan fingerprint density at radius 2 is 2.20 bits per heavy atom. The fourth-order valence-corrected chi connectivity index (χ4v) is 2.88. The smallest absolute Gasteiger partial charge is 0.246 e. The molecule has 0 saturated carbocycles. The molecule has 0 aliphatic carbocycles. The normalized spacial score (nSPS) is 12.0. The molecule has 0 aliphatic rings. The average molecular weight is 357 g/mol. The van der Waals surface area contributed by atoms with E-state index in [4.69, 9.17) is 4.52 Å². The summed E-state index contributed by atoms with van der Waals surface area (Å²) in [5.74, 6) is 1.67. The lowest BCUT2D eigenvalue weighted by molar-refractivity contribution is -0.124. The third-order valence-electron chi connectivity index (χ3n) is 3.69. The molecule has 1 atom stereocenters. The molecule has 0 bridgehead atoms. The van der Waals surface area contributed by atoms with Gasteiger partial charge in [-0.05, 0) is 42.7 Å². The van der Waals surface area contributed by atoms with Crippen molar-refractivity contribution in [2.45, 2.75) is 19.0 Å². The van der Waals surface area contributed by atoms with Crippen molar-refractivity contribution < 1.29 is 9.32 Å². The molecule has 130 valence electrons. The molecule has 25 heavy (non-hydrogen) atoms. The lowest BCUT2D eigenvalue weighted by Gasteiger charge is -2.17. The number of hydrogen-bond acceptors (Lipinski definition) is 6. The standard InChI is InChI=1S/C17H19N5O2S/c1-25-10-6-14(22-8-2-3-9-22)17(23)19-12-15-20-16(21-24-15)13-5-4-7-18-11-13/h2-5,7-9,11,14H,6,10,12H2,1H3,(H,19,23)/t14-/m1/s1. The van der Waals surface area contributed by atoms with Gasteiger partial charge in [0.05, 0.1) is 6.54 Å². The second-order valence-corrected chi connectivity index (χ2v) is 6.38. The average Bonchev–Trinajstić information content (AvgIpc) is 3.33. The lowest BCUT2D eigenvalue weighted by Crippen LogP contribution is -2.32. The molecule has 0 aromatic carbocycles. The third kappa shape index (κ3) is 4.48. The molecule has 0 fully saturated rings. The van der Waals surface area contributed by atoms with Crippen LogP contribution >= 0.6 is 11.8 Å². The van der Waals surface area contributed by atoms with Crippen molar-refractivity contribution in [1.29, 1.82) is 0 Å². The molecule has 7 nitrogen and oxygen atoms in total. The molecule has 8 heteroatoms. The van der Waals surface area contributed by atoms with Crippen LogP contribution in [0, 0.1) is 0 Å². The van der Waals surface area contributed by atoms with Crippen LogP contribution in [0.4, 0.5) is 0 Å². The summed E-state index contributed by atoms with van der Waals surface area (Å²) in [6, 6.07) is 7.24. The molecule has 1 N–H and O–H groups in total. The van der Waals surface area contributed by atoms with Gasteiger partial charge < -0.3 is 14.4 Å². The van der Waals surface area contributed by atoms with E-state index in [1.54, 1.807) is 30.2 Å². The van der Waals surface area contributed by atoms with Crippen LogP contribution < -0.4 is 5.32 Å². The van der Waals surface area contributed by atoms with Crippen molar-refractivity contribution in [3.05, 3.63) is 54.9 Å². The molecule has 3 aromatic rings. The van der Waals surface area contributed by atoms with Gasteiger partial charge in [0.2, 0.25) is 17.6 Å². The summed E-state index contributed by atoms with van der Waals surface area (Å²) in [5, 5.41) is 6.80. The highest BCUT2D eigenvalue weighted by molar-refractivity contribution is 7.98. The van der Waals surface area contributed by atoms with Crippen LogP contribution in [0.5, 0.6) is 0 Å². The van der Waals surface area contributed by atoms with Crippen LogP contribution in [0.2, 0.25) is 0 Å². The van der Waals surface area contributed by atoms with Gasteiger partial charge in [0.25, 0.3) is 0 Å². The van der Waals surface area contributed by atoms with Gasteiger partial charge in [-0.1, -0.05) is 5.16 Å². The minimum Gasteiger partial charge on any atom is -0.345 e. The number of nitrogens with zero attached hydrogens (tertiary/aromatic N) is 4. The molecule has 3 aromatic heterocycles. The number of pyridine rings is 1. The highest BCUT2D eigenvalue weighted by Crippen LogP contribution is 2.16. The fourth-order valence-electron chi connectivity index (χ4n) is 2.42. The Morgan fingerprint density at radius 1 is 1.36 bits per heavy atom. The number of rotatable bonds is 8. The summed E-state index contributed by atoms with van der Waals surface area (Å²) in [6.07, 6.45) is 9.93. The molecule has 1 amide bonds. The van der Waals surface area contributed by atoms with E-state index in [2.05, 4.69) is 20.4 Å². The van der Waals surface area contributed by atoms with Gasteiger partial charge in [0, 0.05) is 30.4 Å². The Bertz CT molecular complexity index is 788. The molecular formula is C17H19N5O2S. The monoisotopic (exact) mass is 357 g/mol. The quantitative estimate of drug-likeness (QED) is 0.667. The summed E-state index contributed by atoms with van der Waals surface area (Å²) < 4.78 is 7.12. The zero-order valence-electron chi connectivity index (χ0n) is 13.8. The first-order chi connectivity index (χ1) is 12.3. The zero-order valence-corrected chi connectivity index (χ0v) is 14.6. The first-order valence-corrected chi connectivity index (χ1v) is 9.29. The predicted molar refractivity (Wildman–Crippen MR) is 95.8 cm³/mol. The van der Waals surface area contributed by atoms with Crippen molar-refractivity contribution in [2.75, 3.05) is 12.0 Å². The molecule has 0 radical (unpaired) electrons. The Hall–Kier alpha value is -2.61. The molecule has 3 rings (SSSR count). The van der Waals surface area contributed by atoms with Crippen LogP contribution in [0.3, 0.4) is 0 Å². The summed E-state index contributed by atoms with van der Waals surface area (Å²) in [5.41, 5.74) is 0.772. The lowest BCUT2D eigenvalue weighted by atomic mass is 10.2. The second-order valence-electron chi connectivity index (χ2n) is 5.40. The van der Waals surface area contributed by atoms with Gasteiger partial charge in [0.1, 0.15) is 6.04 Å². The van der Waals surface area contributed by atoms with Crippen molar-refractivity contribution in [3.63, 3.8) is 0 Å². The molecule has 0 unspecified atom stereocenters. The van der Waals surface area contributed by atoms with Crippen molar-refractivity contribution in [1.82, 2.24) is 25.0 Å². The van der Waals surface area contributed by atoms with Crippen molar-refractivity contribution in [3.8, 4) is 11.4 Å². The maximum atomic E-state index is 12.6. The number of hydrogen-bond donors (Lipinski definition) is 1. The number of aromatic nitrogens is 4. The van der Waals surface area contributed by atoms with E-state index < -0.39 is 0 Å². The van der Waals surface area contributed by atoms with E-state index in [0.29, 0.717) is 11.7 Å². The Morgan fingerprint density at radius 3 is 2.92 bits per heavy atom. The van der Waals surface area contributed by atoms with Crippen LogP contribution in [-0.2, 0) is 11.3 Å². The van der Waals surface area contributed by atoms with Gasteiger partial charge in [-0.3, -0.25) is 9.78 Å². The summed E-state index contributed by atoms with van der Waals surface area (Å²) >= 11 is 1.72. The van der Waals surface area contributed by atoms with E-state index in [0.717, 1.165) is 17.7 Å². The number of nitrogens with one attached hydrogen (secondary N) is 1. The fraction of sp³-hybridized carbons (Fsp3) is 0.294. The first-order valence-electron chi connectivity index (χ1n) is 7.90. The van der Waals surface area contributed by atoms with Gasteiger partial charge >= 0.3 is 0 Å². The second kappa shape index (κ2) is 8.48. The molecular weight excluding hydrogens is 338 g/mol. The minimum atomic E-state index is -0.247. The number of amides is 1. The number of carbonyl (C=O) groups is 1. The third-order valence-corrected chi connectivity index (χ3v) is 4.33. The first kappa shape index (κ1) is 17.2. The Kier molecular flexibility index (Phi) is 5.84. The predicted octanol–water partition coefficient (Wildman–Crippen LogP) is 2.54. The highest BCUT2D eigenvalue weighted by Gasteiger charge is 2.20. The van der Waals surface area contributed by atoms with E-state index in [9.17, 15) is 4.79 Å². The Balaban J connectivity index is 1.62. The van der Waals surface area contributed by atoms with Gasteiger partial charge in [-0.15, -0.1) is 0 Å².